The molecule has 0 radical (unpaired) electrons. The lowest BCUT2D eigenvalue weighted by atomic mass is 9.61. The summed E-state index contributed by atoms with van der Waals surface area (Å²) in [5.74, 6) is 1.65. The minimum atomic E-state index is -0.104. The van der Waals surface area contributed by atoms with Crippen molar-refractivity contribution in [3.05, 3.63) is 58.7 Å². The zero-order valence-corrected chi connectivity index (χ0v) is 21.4. The molecule has 186 valence electrons. The van der Waals surface area contributed by atoms with Crippen LogP contribution in [-0.4, -0.2) is 47.1 Å². The number of carbonyl (C=O) groups excluding carboxylic acids is 1. The van der Waals surface area contributed by atoms with Crippen LogP contribution in [0, 0.1) is 18.3 Å². The second-order valence-corrected chi connectivity index (χ2v) is 12.0. The Morgan fingerprint density at radius 1 is 1.22 bits per heavy atom. The number of hydrogen-bond acceptors (Lipinski definition) is 7. The molecule has 3 fully saturated rings. The van der Waals surface area contributed by atoms with Gasteiger partial charge in [0.05, 0.1) is 5.69 Å². The summed E-state index contributed by atoms with van der Waals surface area (Å²) in [4.78, 5) is 26.6. The van der Waals surface area contributed by atoms with Gasteiger partial charge in [0.1, 0.15) is 15.5 Å². The Labute approximate surface area is 215 Å². The number of rotatable bonds is 4. The number of hydrogen-bond donors (Lipinski definition) is 3. The Morgan fingerprint density at radius 2 is 2.11 bits per heavy atom. The zero-order chi connectivity index (χ0) is 24.6. The molecule has 5 heterocycles. The highest BCUT2D eigenvalue weighted by Crippen LogP contribution is 2.56. The lowest BCUT2D eigenvalue weighted by molar-refractivity contribution is 0.0328. The lowest BCUT2D eigenvalue weighted by Gasteiger charge is -2.60. The van der Waals surface area contributed by atoms with Crippen LogP contribution in [0.15, 0.2) is 36.9 Å². The number of piperidine rings is 1. The Bertz CT molecular complexity index is 1400. The zero-order valence-electron chi connectivity index (χ0n) is 20.6. The van der Waals surface area contributed by atoms with Crippen molar-refractivity contribution in [2.24, 2.45) is 11.3 Å². The van der Waals surface area contributed by atoms with Gasteiger partial charge >= 0.3 is 0 Å². The second-order valence-electron chi connectivity index (χ2n) is 11.0. The quantitative estimate of drug-likeness (QED) is 0.474. The number of nitrogen functional groups attached to an aromatic ring is 1. The highest BCUT2D eigenvalue weighted by Gasteiger charge is 2.63. The van der Waals surface area contributed by atoms with Crippen LogP contribution in [-0.2, 0) is 12.8 Å². The largest absolute Gasteiger partial charge is 0.397 e. The molecule has 3 aromatic rings. The van der Waals surface area contributed by atoms with E-state index >= 15 is 0 Å². The van der Waals surface area contributed by atoms with Crippen LogP contribution >= 0.6 is 11.3 Å². The molecule has 36 heavy (non-hydrogen) atoms. The SMILES string of the molecule is C=CC12C3CC[C@H]1CN(c1ccc4c(n1)CC[C@H](NC(=O)c1sc5nc(C)ccc5c1N)C4)C[C@H]2N3. The van der Waals surface area contributed by atoms with Crippen LogP contribution in [0.4, 0.5) is 11.5 Å². The van der Waals surface area contributed by atoms with Gasteiger partial charge in [0.2, 0.25) is 0 Å². The first kappa shape index (κ1) is 22.2. The number of carbonyl (C=O) groups is 1. The normalized spacial score (nSPS) is 30.4. The molecule has 2 saturated heterocycles. The molecule has 2 aliphatic heterocycles. The summed E-state index contributed by atoms with van der Waals surface area (Å²) < 4.78 is 0. The van der Waals surface area contributed by atoms with Gasteiger partial charge in [-0.3, -0.25) is 4.79 Å². The molecule has 4 aliphatic rings. The van der Waals surface area contributed by atoms with Crippen molar-refractivity contribution in [2.75, 3.05) is 23.7 Å². The van der Waals surface area contributed by atoms with Crippen molar-refractivity contribution >= 4 is 39.0 Å². The second kappa shape index (κ2) is 8.02. The first-order chi connectivity index (χ1) is 17.5. The van der Waals surface area contributed by atoms with Crippen molar-refractivity contribution < 1.29 is 4.79 Å². The minimum Gasteiger partial charge on any atom is -0.397 e. The fourth-order valence-corrected chi connectivity index (χ4v) is 8.31. The molecule has 0 bridgehead atoms. The number of thiophene rings is 1. The third-order valence-electron chi connectivity index (χ3n) is 9.17. The van der Waals surface area contributed by atoms with Gasteiger partial charge in [-0.05, 0) is 68.7 Å². The average molecular weight is 501 g/mol. The molecule has 8 heteroatoms. The monoisotopic (exact) mass is 500 g/mol. The van der Waals surface area contributed by atoms with Crippen LogP contribution < -0.4 is 21.3 Å². The van der Waals surface area contributed by atoms with E-state index in [9.17, 15) is 4.79 Å². The van der Waals surface area contributed by atoms with E-state index in [1.54, 1.807) is 0 Å². The Morgan fingerprint density at radius 3 is 2.97 bits per heavy atom. The molecular weight excluding hydrogens is 468 g/mol. The fraction of sp³-hybridized carbons (Fsp3) is 0.464. The van der Waals surface area contributed by atoms with E-state index in [0.717, 1.165) is 54.1 Å². The Balaban J connectivity index is 1.05. The third kappa shape index (κ3) is 3.16. The molecule has 2 unspecified atom stereocenters. The number of amides is 1. The molecule has 2 aliphatic carbocycles. The van der Waals surface area contributed by atoms with E-state index in [1.165, 1.54) is 35.4 Å². The van der Waals surface area contributed by atoms with Gasteiger partial charge in [-0.25, -0.2) is 9.97 Å². The van der Waals surface area contributed by atoms with Crippen molar-refractivity contribution in [1.82, 2.24) is 20.6 Å². The summed E-state index contributed by atoms with van der Waals surface area (Å²) in [6.07, 6.45) is 7.31. The molecule has 7 nitrogen and oxygen atoms in total. The van der Waals surface area contributed by atoms with Gasteiger partial charge in [0, 0.05) is 53.4 Å². The van der Waals surface area contributed by atoms with Gasteiger partial charge in [-0.15, -0.1) is 17.9 Å². The van der Waals surface area contributed by atoms with Crippen molar-refractivity contribution in [2.45, 2.75) is 57.2 Å². The van der Waals surface area contributed by atoms with Crippen LogP contribution in [0.5, 0.6) is 0 Å². The van der Waals surface area contributed by atoms with Gasteiger partial charge in [-0.2, -0.15) is 0 Å². The minimum absolute atomic E-state index is 0.0785. The van der Waals surface area contributed by atoms with Gasteiger partial charge < -0.3 is 21.3 Å². The smallest absolute Gasteiger partial charge is 0.263 e. The first-order valence-corrected chi connectivity index (χ1v) is 13.9. The summed E-state index contributed by atoms with van der Waals surface area (Å²) in [5, 5.41) is 7.87. The predicted octanol–water partition coefficient (Wildman–Crippen LogP) is 3.61. The Hall–Kier alpha value is -2.97. The highest BCUT2D eigenvalue weighted by molar-refractivity contribution is 7.21. The molecule has 0 aromatic carbocycles. The van der Waals surface area contributed by atoms with E-state index in [-0.39, 0.29) is 11.9 Å². The van der Waals surface area contributed by atoms with E-state index in [0.29, 0.717) is 34.0 Å². The van der Waals surface area contributed by atoms with Gasteiger partial charge in [0.15, 0.2) is 0 Å². The number of anilines is 2. The summed E-state index contributed by atoms with van der Waals surface area (Å²) in [6, 6.07) is 9.46. The van der Waals surface area contributed by atoms with Crippen molar-refractivity contribution in [3.8, 4) is 0 Å². The van der Waals surface area contributed by atoms with E-state index in [2.05, 4.69) is 45.3 Å². The van der Waals surface area contributed by atoms with Gasteiger partial charge in [-0.1, -0.05) is 12.1 Å². The molecular formula is C28H32N6OS. The van der Waals surface area contributed by atoms with E-state index in [1.807, 2.05) is 19.1 Å². The van der Waals surface area contributed by atoms with Crippen LogP contribution in [0.1, 0.15) is 45.9 Å². The number of fused-ring (bicyclic) bond motifs is 2. The number of nitrogens with two attached hydrogens (primary N) is 1. The van der Waals surface area contributed by atoms with E-state index in [4.69, 9.17) is 10.7 Å². The summed E-state index contributed by atoms with van der Waals surface area (Å²) >= 11 is 1.37. The Kier molecular flexibility index (Phi) is 4.95. The number of aromatic nitrogens is 2. The maximum absolute atomic E-state index is 13.1. The first-order valence-electron chi connectivity index (χ1n) is 13.1. The maximum atomic E-state index is 13.1. The predicted molar refractivity (Wildman–Crippen MR) is 145 cm³/mol. The standard InChI is InChI=1S/C28H32N6OS/c1-3-28-17-6-10-21(28)33-22(28)14-34(13-17)23-11-5-16-12-18(7-9-20(16)32-23)31-26(35)25-24(29)19-8-4-15(2)30-27(19)36-25/h3-5,8,11,17-18,21-22,33H,1,6-7,9-10,12-14,29H2,2H3,(H,31,35)/t17-,18-,21?,22+,28?/m0/s1. The van der Waals surface area contributed by atoms with Crippen LogP contribution in [0.2, 0.25) is 0 Å². The maximum Gasteiger partial charge on any atom is 0.263 e. The van der Waals surface area contributed by atoms with E-state index < -0.39 is 0 Å². The number of aryl methyl sites for hydroxylation is 2. The summed E-state index contributed by atoms with van der Waals surface area (Å²) in [7, 11) is 0. The number of nitrogens with one attached hydrogen (secondary N) is 2. The summed E-state index contributed by atoms with van der Waals surface area (Å²) in [5.41, 5.74) is 10.5. The number of nitrogens with zero attached hydrogens (tertiary/aromatic N) is 3. The van der Waals surface area contributed by atoms with Gasteiger partial charge in [0.25, 0.3) is 5.91 Å². The van der Waals surface area contributed by atoms with Crippen molar-refractivity contribution in [3.63, 3.8) is 0 Å². The number of pyridine rings is 2. The molecule has 1 saturated carbocycles. The lowest BCUT2D eigenvalue weighted by Crippen LogP contribution is -2.75. The molecule has 3 aromatic heterocycles. The fourth-order valence-electron chi connectivity index (χ4n) is 7.27. The van der Waals surface area contributed by atoms with Crippen molar-refractivity contribution in [1.29, 1.82) is 0 Å². The van der Waals surface area contributed by atoms with Crippen LogP contribution in [0.25, 0.3) is 10.2 Å². The molecule has 1 amide bonds. The molecule has 7 rings (SSSR count). The average Bonchev–Trinajstić information content (AvgIpc) is 3.38. The molecule has 0 spiro atoms. The third-order valence-corrected chi connectivity index (χ3v) is 10.3. The summed E-state index contributed by atoms with van der Waals surface area (Å²) in [6.45, 7) is 8.21. The molecule has 5 atom stereocenters. The topological polar surface area (TPSA) is 96.2 Å². The highest BCUT2D eigenvalue weighted by atomic mass is 32.1. The van der Waals surface area contributed by atoms with Crippen LogP contribution in [0.3, 0.4) is 0 Å². The molecule has 4 N–H and O–H groups in total.